The number of unbranched alkanes of at least 4 members (excludes halogenated alkanes) is 3. The highest BCUT2D eigenvalue weighted by Crippen LogP contribution is 2.35. The Labute approximate surface area is 193 Å². The molecule has 0 fully saturated rings. The van der Waals surface area contributed by atoms with E-state index in [1.807, 2.05) is 36.4 Å². The van der Waals surface area contributed by atoms with Crippen molar-refractivity contribution in [2.75, 3.05) is 10.6 Å². The quantitative estimate of drug-likeness (QED) is 0.216. The summed E-state index contributed by atoms with van der Waals surface area (Å²) in [4.78, 5) is 7.93. The Morgan fingerprint density at radius 2 is 1.52 bits per heavy atom. The van der Waals surface area contributed by atoms with Crippen LogP contribution < -0.4 is 10.6 Å². The molecule has 0 amide bonds. The molecule has 0 aliphatic heterocycles. The summed E-state index contributed by atoms with van der Waals surface area (Å²) >= 11 is 2.18. The second-order valence-corrected chi connectivity index (χ2v) is 8.46. The first-order valence-corrected chi connectivity index (χ1v) is 11.3. The van der Waals surface area contributed by atoms with Crippen LogP contribution in [0, 0.1) is 3.57 Å². The smallest absolute Gasteiger partial charge is 0.340 e. The number of anilines is 4. The minimum absolute atomic E-state index is 0.0873. The van der Waals surface area contributed by atoms with Crippen LogP contribution in [0.4, 0.5) is 36.3 Å². The number of hydrogen-bond donors (Lipinski definition) is 2. The predicted molar refractivity (Wildman–Crippen MR) is 127 cm³/mol. The van der Waals surface area contributed by atoms with Crippen molar-refractivity contribution in [2.24, 2.45) is 0 Å². The fourth-order valence-electron chi connectivity index (χ4n) is 3.05. The Kier molecular flexibility index (Phi) is 8.11. The molecule has 0 saturated heterocycles. The van der Waals surface area contributed by atoms with Crippen molar-refractivity contribution in [3.8, 4) is 0 Å². The highest BCUT2D eigenvalue weighted by atomic mass is 127. The fourth-order valence-corrected chi connectivity index (χ4v) is 3.41. The molecule has 2 N–H and O–H groups in total. The monoisotopic (exact) mass is 540 g/mol. The van der Waals surface area contributed by atoms with E-state index in [0.717, 1.165) is 22.6 Å². The van der Waals surface area contributed by atoms with E-state index in [1.165, 1.54) is 24.8 Å². The molecule has 164 valence electrons. The van der Waals surface area contributed by atoms with Crippen LogP contribution >= 0.6 is 22.6 Å². The van der Waals surface area contributed by atoms with Crippen LogP contribution in [0.3, 0.4) is 0 Å². The number of rotatable bonds is 9. The summed E-state index contributed by atoms with van der Waals surface area (Å²) in [5.41, 5.74) is 1.49. The molecular formula is C23H24F3IN4. The van der Waals surface area contributed by atoms with Crippen LogP contribution in [0.2, 0.25) is 0 Å². The maximum atomic E-state index is 13.5. The topological polar surface area (TPSA) is 49.8 Å². The Morgan fingerprint density at radius 1 is 0.871 bits per heavy atom. The number of nitrogens with zero attached hydrogens (tertiary/aromatic N) is 2. The van der Waals surface area contributed by atoms with Gasteiger partial charge in [-0.2, -0.15) is 18.2 Å². The number of aromatic nitrogens is 2. The molecule has 1 aromatic heterocycles. The van der Waals surface area contributed by atoms with E-state index in [9.17, 15) is 13.2 Å². The zero-order chi connectivity index (χ0) is 22.3. The molecule has 3 rings (SSSR count). The van der Waals surface area contributed by atoms with Gasteiger partial charge in [-0.25, -0.2) is 4.98 Å². The minimum Gasteiger partial charge on any atom is -0.340 e. The van der Waals surface area contributed by atoms with Gasteiger partial charge in [-0.15, -0.1) is 0 Å². The Bertz CT molecular complexity index is 974. The lowest BCUT2D eigenvalue weighted by molar-refractivity contribution is -0.137. The van der Waals surface area contributed by atoms with Gasteiger partial charge in [0.2, 0.25) is 5.95 Å². The average molecular weight is 540 g/mol. The summed E-state index contributed by atoms with van der Waals surface area (Å²) < 4.78 is 41.5. The van der Waals surface area contributed by atoms with Gasteiger partial charge < -0.3 is 10.6 Å². The SMILES string of the molecule is CCCCCCc1ccc(Nc2nc(Nc3ccc(I)cc3)ncc2C(F)(F)F)cc1. The molecule has 0 saturated carbocycles. The lowest BCUT2D eigenvalue weighted by atomic mass is 10.1. The van der Waals surface area contributed by atoms with E-state index >= 15 is 0 Å². The summed E-state index contributed by atoms with van der Waals surface area (Å²) in [5, 5.41) is 5.75. The van der Waals surface area contributed by atoms with Crippen molar-refractivity contribution in [1.82, 2.24) is 9.97 Å². The number of benzene rings is 2. The summed E-state index contributed by atoms with van der Waals surface area (Å²) in [6.45, 7) is 2.17. The summed E-state index contributed by atoms with van der Waals surface area (Å²) in [7, 11) is 0. The predicted octanol–water partition coefficient (Wildman–Crippen LogP) is 7.71. The Hall–Kier alpha value is -2.36. The molecule has 0 radical (unpaired) electrons. The molecule has 2 aromatic carbocycles. The van der Waals surface area contributed by atoms with E-state index in [1.54, 1.807) is 12.1 Å². The molecule has 0 aliphatic carbocycles. The number of aryl methyl sites for hydroxylation is 1. The molecule has 8 heteroatoms. The first kappa shape index (κ1) is 23.3. The van der Waals surface area contributed by atoms with Crippen molar-refractivity contribution >= 4 is 45.7 Å². The van der Waals surface area contributed by atoms with Gasteiger partial charge in [0.25, 0.3) is 0 Å². The standard InChI is InChI=1S/C23H24F3IN4/c1-2-3-4-5-6-16-7-11-18(12-8-16)29-21-20(23(24,25)26)15-28-22(31-21)30-19-13-9-17(27)10-14-19/h7-15H,2-6H2,1H3,(H2,28,29,30,31). The molecule has 0 aliphatic rings. The van der Waals surface area contributed by atoms with Crippen LogP contribution in [-0.4, -0.2) is 9.97 Å². The summed E-state index contributed by atoms with van der Waals surface area (Å²) in [6, 6.07) is 14.8. The van der Waals surface area contributed by atoms with Crippen molar-refractivity contribution in [3.05, 3.63) is 69.4 Å². The van der Waals surface area contributed by atoms with Gasteiger partial charge in [-0.1, -0.05) is 38.3 Å². The zero-order valence-corrected chi connectivity index (χ0v) is 19.3. The third kappa shape index (κ3) is 7.09. The van der Waals surface area contributed by atoms with Gasteiger partial charge in [0.1, 0.15) is 11.4 Å². The maximum absolute atomic E-state index is 13.5. The summed E-state index contributed by atoms with van der Waals surface area (Å²) in [6.07, 6.45) is 1.89. The number of nitrogens with one attached hydrogen (secondary N) is 2. The number of halogens is 4. The molecule has 0 spiro atoms. The van der Waals surface area contributed by atoms with Crippen LogP contribution in [0.15, 0.2) is 54.7 Å². The molecular weight excluding hydrogens is 516 g/mol. The van der Waals surface area contributed by atoms with Gasteiger partial charge in [0.15, 0.2) is 0 Å². The lowest BCUT2D eigenvalue weighted by Crippen LogP contribution is -2.12. The van der Waals surface area contributed by atoms with Gasteiger partial charge in [0, 0.05) is 21.1 Å². The van der Waals surface area contributed by atoms with Crippen molar-refractivity contribution in [2.45, 2.75) is 45.2 Å². The van der Waals surface area contributed by atoms with Gasteiger partial charge >= 0.3 is 6.18 Å². The van der Waals surface area contributed by atoms with Crippen LogP contribution in [0.25, 0.3) is 0 Å². The largest absolute Gasteiger partial charge is 0.421 e. The van der Waals surface area contributed by atoms with E-state index in [4.69, 9.17) is 0 Å². The molecule has 0 atom stereocenters. The van der Waals surface area contributed by atoms with Crippen molar-refractivity contribution in [1.29, 1.82) is 0 Å². The van der Waals surface area contributed by atoms with E-state index in [-0.39, 0.29) is 11.8 Å². The van der Waals surface area contributed by atoms with Crippen LogP contribution in [0.1, 0.15) is 43.7 Å². The molecule has 3 aromatic rings. The number of alkyl halides is 3. The fraction of sp³-hybridized carbons (Fsp3) is 0.304. The average Bonchev–Trinajstić information content (AvgIpc) is 2.73. The second kappa shape index (κ2) is 10.8. The molecule has 0 bridgehead atoms. The van der Waals surface area contributed by atoms with E-state index in [2.05, 4.69) is 50.1 Å². The highest BCUT2D eigenvalue weighted by Gasteiger charge is 2.35. The normalized spacial score (nSPS) is 11.4. The molecule has 1 heterocycles. The maximum Gasteiger partial charge on any atom is 0.421 e. The first-order chi connectivity index (χ1) is 14.8. The highest BCUT2D eigenvalue weighted by molar-refractivity contribution is 14.1. The first-order valence-electron chi connectivity index (χ1n) is 10.2. The molecule has 0 unspecified atom stereocenters. The second-order valence-electron chi connectivity index (χ2n) is 7.22. The Balaban J connectivity index is 1.77. The van der Waals surface area contributed by atoms with Gasteiger partial charge in [-0.05, 0) is 77.4 Å². The van der Waals surface area contributed by atoms with Crippen molar-refractivity contribution < 1.29 is 13.2 Å². The van der Waals surface area contributed by atoms with Crippen LogP contribution in [0.5, 0.6) is 0 Å². The lowest BCUT2D eigenvalue weighted by Gasteiger charge is -2.15. The third-order valence-electron chi connectivity index (χ3n) is 4.73. The molecule has 31 heavy (non-hydrogen) atoms. The minimum atomic E-state index is -4.57. The number of hydrogen-bond acceptors (Lipinski definition) is 4. The summed E-state index contributed by atoms with van der Waals surface area (Å²) in [5.74, 6) is -0.199. The van der Waals surface area contributed by atoms with E-state index in [0.29, 0.717) is 11.4 Å². The Morgan fingerprint density at radius 3 is 2.16 bits per heavy atom. The third-order valence-corrected chi connectivity index (χ3v) is 5.45. The van der Waals surface area contributed by atoms with Crippen molar-refractivity contribution in [3.63, 3.8) is 0 Å². The van der Waals surface area contributed by atoms with Gasteiger partial charge in [-0.3, -0.25) is 0 Å². The van der Waals surface area contributed by atoms with E-state index < -0.39 is 11.7 Å². The zero-order valence-electron chi connectivity index (χ0n) is 17.1. The van der Waals surface area contributed by atoms with Crippen LogP contribution in [-0.2, 0) is 12.6 Å². The van der Waals surface area contributed by atoms with Gasteiger partial charge in [0.05, 0.1) is 0 Å². The molecule has 4 nitrogen and oxygen atoms in total.